The van der Waals surface area contributed by atoms with Gasteiger partial charge in [0.25, 0.3) is 0 Å². The molecule has 16 heavy (non-hydrogen) atoms. The molecule has 1 atom stereocenters. The van der Waals surface area contributed by atoms with Crippen LogP contribution in [0.3, 0.4) is 0 Å². The highest BCUT2D eigenvalue weighted by molar-refractivity contribution is 5.24. The van der Waals surface area contributed by atoms with Gasteiger partial charge in [-0.05, 0) is 51.0 Å². The van der Waals surface area contributed by atoms with Gasteiger partial charge < -0.3 is 5.73 Å². The first-order valence-corrected chi connectivity index (χ1v) is 6.34. The van der Waals surface area contributed by atoms with Crippen LogP contribution in [0.1, 0.15) is 42.6 Å². The first kappa shape index (κ1) is 11.6. The van der Waals surface area contributed by atoms with Crippen LogP contribution < -0.4 is 5.73 Å². The van der Waals surface area contributed by atoms with Gasteiger partial charge in [-0.3, -0.25) is 4.68 Å². The van der Waals surface area contributed by atoms with Gasteiger partial charge in [0.05, 0.1) is 5.69 Å². The first-order valence-electron chi connectivity index (χ1n) is 6.34. The summed E-state index contributed by atoms with van der Waals surface area (Å²) >= 11 is 0. The van der Waals surface area contributed by atoms with Crippen molar-refractivity contribution in [3.8, 4) is 0 Å². The molecule has 0 aromatic carbocycles. The van der Waals surface area contributed by atoms with E-state index in [1.165, 1.54) is 36.2 Å². The van der Waals surface area contributed by atoms with Crippen LogP contribution in [0.4, 0.5) is 0 Å². The summed E-state index contributed by atoms with van der Waals surface area (Å²) in [4.78, 5) is 0. The van der Waals surface area contributed by atoms with Crippen molar-refractivity contribution in [2.75, 3.05) is 0 Å². The number of nitrogens with zero attached hydrogens (tertiary/aromatic N) is 2. The van der Waals surface area contributed by atoms with Gasteiger partial charge >= 0.3 is 0 Å². The van der Waals surface area contributed by atoms with Crippen molar-refractivity contribution in [3.05, 3.63) is 17.0 Å². The molecule has 0 radical (unpaired) electrons. The fraction of sp³-hybridized carbons (Fsp3) is 0.769. The lowest BCUT2D eigenvalue weighted by Crippen LogP contribution is -2.34. The molecular formula is C13H23N3. The lowest BCUT2D eigenvalue weighted by atomic mass is 9.78. The largest absolute Gasteiger partial charge is 0.327 e. The smallest absolute Gasteiger partial charge is 0.0628 e. The molecule has 1 saturated carbocycles. The molecule has 90 valence electrons. The van der Waals surface area contributed by atoms with Crippen LogP contribution in [0.2, 0.25) is 0 Å². The zero-order valence-electron chi connectivity index (χ0n) is 10.7. The maximum absolute atomic E-state index is 6.21. The molecule has 0 spiro atoms. The predicted molar refractivity (Wildman–Crippen MR) is 66.3 cm³/mol. The van der Waals surface area contributed by atoms with Gasteiger partial charge in [0.15, 0.2) is 0 Å². The topological polar surface area (TPSA) is 43.8 Å². The third-order valence-electron chi connectivity index (χ3n) is 4.14. The van der Waals surface area contributed by atoms with Gasteiger partial charge in [0.1, 0.15) is 0 Å². The Hall–Kier alpha value is -0.830. The second-order valence-electron chi connectivity index (χ2n) is 5.17. The van der Waals surface area contributed by atoms with Gasteiger partial charge in [-0.1, -0.05) is 6.42 Å². The molecule has 1 unspecified atom stereocenters. The monoisotopic (exact) mass is 221 g/mol. The van der Waals surface area contributed by atoms with E-state index in [9.17, 15) is 0 Å². The van der Waals surface area contributed by atoms with E-state index in [0.29, 0.717) is 6.04 Å². The second-order valence-corrected chi connectivity index (χ2v) is 5.17. The molecule has 2 rings (SSSR count). The molecule has 1 aliphatic rings. The van der Waals surface area contributed by atoms with Crippen LogP contribution in [0.5, 0.6) is 0 Å². The number of aromatic nitrogens is 2. The Bertz CT molecular complexity index is 363. The van der Waals surface area contributed by atoms with Crippen LogP contribution in [0.25, 0.3) is 0 Å². The van der Waals surface area contributed by atoms with Crippen molar-refractivity contribution < 1.29 is 0 Å². The van der Waals surface area contributed by atoms with Crippen molar-refractivity contribution >= 4 is 0 Å². The van der Waals surface area contributed by atoms with E-state index in [-0.39, 0.29) is 0 Å². The van der Waals surface area contributed by atoms with Crippen molar-refractivity contribution in [1.82, 2.24) is 9.78 Å². The lowest BCUT2D eigenvalue weighted by molar-refractivity contribution is 0.253. The van der Waals surface area contributed by atoms with Crippen molar-refractivity contribution in [3.63, 3.8) is 0 Å². The molecule has 0 bridgehead atoms. The van der Waals surface area contributed by atoms with E-state index in [0.717, 1.165) is 18.8 Å². The van der Waals surface area contributed by atoms with Gasteiger partial charge in [-0.2, -0.15) is 5.10 Å². The number of hydrogen-bond acceptors (Lipinski definition) is 2. The highest BCUT2D eigenvalue weighted by Gasteiger charge is 2.24. The van der Waals surface area contributed by atoms with Gasteiger partial charge in [0.2, 0.25) is 0 Å². The van der Waals surface area contributed by atoms with E-state index >= 15 is 0 Å². The van der Waals surface area contributed by atoms with E-state index in [4.69, 9.17) is 5.73 Å². The lowest BCUT2D eigenvalue weighted by Gasteiger charge is -2.31. The molecule has 1 aromatic heterocycles. The third-order valence-corrected chi connectivity index (χ3v) is 4.14. The number of nitrogens with two attached hydrogens (primary N) is 1. The molecule has 1 aliphatic carbocycles. The molecule has 0 aliphatic heterocycles. The van der Waals surface area contributed by atoms with Crippen molar-refractivity contribution in [1.29, 1.82) is 0 Å². The Balaban J connectivity index is 1.93. The Kier molecular flexibility index (Phi) is 3.33. The second kappa shape index (κ2) is 4.58. The summed E-state index contributed by atoms with van der Waals surface area (Å²) in [7, 11) is 2.01. The van der Waals surface area contributed by atoms with E-state index in [1.807, 2.05) is 11.7 Å². The summed E-state index contributed by atoms with van der Waals surface area (Å²) in [6.07, 6.45) is 6.25. The average Bonchev–Trinajstić information content (AvgIpc) is 2.36. The number of aryl methyl sites for hydroxylation is 2. The molecular weight excluding hydrogens is 198 g/mol. The minimum atomic E-state index is 0.396. The van der Waals surface area contributed by atoms with Gasteiger partial charge in [-0.25, -0.2) is 0 Å². The SMILES string of the molecule is Cc1nn(C)c(C)c1CCC(N)C1CCC1. The summed E-state index contributed by atoms with van der Waals surface area (Å²) in [5.41, 5.74) is 10.1. The van der Waals surface area contributed by atoms with Crippen molar-refractivity contribution in [2.45, 2.75) is 52.0 Å². The predicted octanol–water partition coefficient (Wildman–Crippen LogP) is 2.10. The minimum Gasteiger partial charge on any atom is -0.327 e. The van der Waals surface area contributed by atoms with E-state index < -0.39 is 0 Å². The molecule has 1 heterocycles. The zero-order valence-corrected chi connectivity index (χ0v) is 10.7. The van der Waals surface area contributed by atoms with Crippen LogP contribution in [-0.4, -0.2) is 15.8 Å². The summed E-state index contributed by atoms with van der Waals surface area (Å²) in [6.45, 7) is 4.24. The summed E-state index contributed by atoms with van der Waals surface area (Å²) in [6, 6.07) is 0.396. The zero-order chi connectivity index (χ0) is 11.7. The maximum atomic E-state index is 6.21. The Morgan fingerprint density at radius 3 is 2.56 bits per heavy atom. The third kappa shape index (κ3) is 2.14. The summed E-state index contributed by atoms with van der Waals surface area (Å²) in [5.74, 6) is 0.789. The molecule has 0 amide bonds. The van der Waals surface area contributed by atoms with E-state index in [2.05, 4.69) is 18.9 Å². The number of hydrogen-bond donors (Lipinski definition) is 1. The number of rotatable bonds is 4. The quantitative estimate of drug-likeness (QED) is 0.846. The van der Waals surface area contributed by atoms with Gasteiger partial charge in [-0.15, -0.1) is 0 Å². The molecule has 3 nitrogen and oxygen atoms in total. The Morgan fingerprint density at radius 1 is 1.44 bits per heavy atom. The Morgan fingerprint density at radius 2 is 2.12 bits per heavy atom. The standard InChI is InChI=1S/C13H23N3/c1-9-12(10(2)16(3)15-9)7-8-13(14)11-5-4-6-11/h11,13H,4-8,14H2,1-3H3. The highest BCUT2D eigenvalue weighted by atomic mass is 15.3. The molecule has 1 fully saturated rings. The maximum Gasteiger partial charge on any atom is 0.0628 e. The first-order chi connectivity index (χ1) is 7.59. The van der Waals surface area contributed by atoms with Gasteiger partial charge in [0, 0.05) is 18.8 Å². The average molecular weight is 221 g/mol. The summed E-state index contributed by atoms with van der Waals surface area (Å²) in [5, 5.41) is 4.44. The van der Waals surface area contributed by atoms with Crippen LogP contribution in [0.15, 0.2) is 0 Å². The van der Waals surface area contributed by atoms with Crippen LogP contribution >= 0.6 is 0 Å². The normalized spacial score (nSPS) is 18.5. The van der Waals surface area contributed by atoms with Crippen LogP contribution in [0, 0.1) is 19.8 Å². The molecule has 2 N–H and O–H groups in total. The highest BCUT2D eigenvalue weighted by Crippen LogP contribution is 2.30. The fourth-order valence-electron chi connectivity index (χ4n) is 2.59. The van der Waals surface area contributed by atoms with E-state index in [1.54, 1.807) is 0 Å². The van der Waals surface area contributed by atoms with Crippen molar-refractivity contribution in [2.24, 2.45) is 18.7 Å². The minimum absolute atomic E-state index is 0.396. The Labute approximate surface area is 98.0 Å². The summed E-state index contributed by atoms with van der Waals surface area (Å²) < 4.78 is 1.97. The molecule has 3 heteroatoms. The fourth-order valence-corrected chi connectivity index (χ4v) is 2.59. The van der Waals surface area contributed by atoms with Crippen LogP contribution in [-0.2, 0) is 13.5 Å². The molecule has 0 saturated heterocycles. The molecule has 1 aromatic rings.